The molecule has 8 fully saturated rings. The maximum atomic E-state index is 7.19. The highest BCUT2D eigenvalue weighted by molar-refractivity contribution is 7.60. The molecule has 0 bridgehead atoms. The largest absolute Gasteiger partial charge is 0.373 e. The molecule has 4 nitrogen and oxygen atoms in total. The minimum Gasteiger partial charge on any atom is -0.373 e. The Morgan fingerprint density at radius 1 is 0.576 bits per heavy atom. The molecule has 5 heteroatoms. The quantitative estimate of drug-likeness (QED) is 0.463. The molecule has 33 heavy (non-hydrogen) atoms. The fourth-order valence-corrected chi connectivity index (χ4v) is 15.6. The molecule has 0 aromatic heterocycles. The van der Waals surface area contributed by atoms with Crippen LogP contribution in [0.2, 0.25) is 0 Å². The van der Waals surface area contributed by atoms with Crippen molar-refractivity contribution in [1.82, 2.24) is 4.90 Å². The van der Waals surface area contributed by atoms with Crippen LogP contribution in [0.1, 0.15) is 79.1 Å². The highest BCUT2D eigenvalue weighted by Gasteiger charge is 2.70. The molecule has 8 rings (SSSR count). The van der Waals surface area contributed by atoms with Gasteiger partial charge in [-0.25, -0.2) is 0 Å². The second-order valence-electron chi connectivity index (χ2n) is 13.7. The number of nitrogens with zero attached hydrogens (tertiary/aromatic N) is 1. The maximum absolute atomic E-state index is 7.19. The monoisotopic (exact) mass is 473 g/mol. The van der Waals surface area contributed by atoms with Crippen molar-refractivity contribution in [3.63, 3.8) is 0 Å². The first-order chi connectivity index (χ1) is 16.0. The van der Waals surface area contributed by atoms with E-state index in [2.05, 4.69) is 32.6 Å². The van der Waals surface area contributed by atoms with Crippen LogP contribution in [0, 0.1) is 23.7 Å². The van der Waals surface area contributed by atoms with Crippen molar-refractivity contribution in [3.8, 4) is 0 Å². The highest BCUT2D eigenvalue weighted by Crippen LogP contribution is 2.73. The number of hydrogen-bond donors (Lipinski definition) is 0. The van der Waals surface area contributed by atoms with Crippen LogP contribution in [0.5, 0.6) is 0 Å². The normalized spacial score (nSPS) is 65.6. The second-order valence-corrected chi connectivity index (χ2v) is 16.4. The molecule has 184 valence electrons. The zero-order chi connectivity index (χ0) is 22.2. The van der Waals surface area contributed by atoms with Gasteiger partial charge >= 0.3 is 0 Å². The van der Waals surface area contributed by atoms with Gasteiger partial charge in [0.1, 0.15) is 0 Å². The van der Waals surface area contributed by atoms with E-state index in [4.69, 9.17) is 14.2 Å². The fourth-order valence-electron chi connectivity index (χ4n) is 10.5. The van der Waals surface area contributed by atoms with Gasteiger partial charge in [-0.3, -0.25) is 4.90 Å². The Bertz CT molecular complexity index is 802. The molecular formula is C28H44NO3P. The summed E-state index contributed by atoms with van der Waals surface area (Å²) in [6.07, 6.45) is 13.3. The molecule has 17 atom stereocenters. The number of rotatable bonds is 0. The Morgan fingerprint density at radius 2 is 1.27 bits per heavy atom. The van der Waals surface area contributed by atoms with Gasteiger partial charge in [-0.05, 0) is 75.0 Å². The molecule has 4 heterocycles. The molecule has 4 aliphatic heterocycles. The van der Waals surface area contributed by atoms with Gasteiger partial charge in [-0.1, -0.05) is 35.6 Å². The van der Waals surface area contributed by atoms with Gasteiger partial charge in [0.15, 0.2) is 0 Å². The lowest BCUT2D eigenvalue weighted by atomic mass is 9.72. The topological polar surface area (TPSA) is 30.9 Å². The van der Waals surface area contributed by atoms with E-state index in [1.807, 2.05) is 0 Å². The Labute approximate surface area is 201 Å². The van der Waals surface area contributed by atoms with E-state index in [1.54, 1.807) is 0 Å². The minimum absolute atomic E-state index is 0.0863. The van der Waals surface area contributed by atoms with Gasteiger partial charge in [-0.2, -0.15) is 0 Å². The van der Waals surface area contributed by atoms with Gasteiger partial charge < -0.3 is 14.2 Å². The average molecular weight is 474 g/mol. The van der Waals surface area contributed by atoms with E-state index < -0.39 is 0 Å². The lowest BCUT2D eigenvalue weighted by molar-refractivity contribution is -0.241. The van der Waals surface area contributed by atoms with Crippen molar-refractivity contribution in [1.29, 1.82) is 0 Å². The van der Waals surface area contributed by atoms with Crippen LogP contribution in [0.25, 0.3) is 0 Å². The van der Waals surface area contributed by atoms with E-state index in [9.17, 15) is 0 Å². The van der Waals surface area contributed by atoms with Gasteiger partial charge in [0.25, 0.3) is 0 Å². The van der Waals surface area contributed by atoms with Crippen LogP contribution >= 0.6 is 7.92 Å². The summed E-state index contributed by atoms with van der Waals surface area (Å²) in [6, 6.07) is 2.02. The standard InChI is InChI=1S/C28H44NO3P/c1-13-5-7-17-19(9-13)30-20-12-16(4)25-28-23(20)29(17)18-8-6-15(3)24-26(18)33(28)27-21(31-24)10-14(2)11-22(27)32-25/h13-28H,5-12H2,1-4H3. The summed E-state index contributed by atoms with van der Waals surface area (Å²) in [6.45, 7) is 9.91. The summed E-state index contributed by atoms with van der Waals surface area (Å²) in [5.41, 5.74) is 2.21. The first-order valence-corrected chi connectivity index (χ1v) is 16.1. The van der Waals surface area contributed by atoms with Crippen molar-refractivity contribution in [3.05, 3.63) is 0 Å². The molecule has 8 aliphatic rings. The minimum atomic E-state index is -0.0863. The van der Waals surface area contributed by atoms with Crippen molar-refractivity contribution in [2.45, 2.75) is 151 Å². The summed E-state index contributed by atoms with van der Waals surface area (Å²) in [7, 11) is -0.0863. The zero-order valence-electron chi connectivity index (χ0n) is 21.0. The lowest BCUT2D eigenvalue weighted by Gasteiger charge is -2.73. The second kappa shape index (κ2) is 7.41. The van der Waals surface area contributed by atoms with Gasteiger partial charge in [-0.15, -0.1) is 0 Å². The van der Waals surface area contributed by atoms with E-state index in [1.165, 1.54) is 51.4 Å². The van der Waals surface area contributed by atoms with E-state index in [0.29, 0.717) is 60.3 Å². The van der Waals surface area contributed by atoms with Crippen molar-refractivity contribution in [2.24, 2.45) is 23.7 Å². The third-order valence-corrected chi connectivity index (χ3v) is 15.6. The van der Waals surface area contributed by atoms with Crippen molar-refractivity contribution in [2.75, 3.05) is 0 Å². The summed E-state index contributed by atoms with van der Waals surface area (Å²) in [5.74, 6) is 2.92. The van der Waals surface area contributed by atoms with Gasteiger partial charge in [0, 0.05) is 35.1 Å². The Balaban J connectivity index is 1.27. The Hall–Kier alpha value is 0.270. The van der Waals surface area contributed by atoms with Crippen LogP contribution in [0.4, 0.5) is 0 Å². The van der Waals surface area contributed by atoms with Gasteiger partial charge in [0.2, 0.25) is 0 Å². The molecule has 0 amide bonds. The van der Waals surface area contributed by atoms with E-state index >= 15 is 0 Å². The number of ether oxygens (including phenoxy) is 3. The van der Waals surface area contributed by atoms with Crippen molar-refractivity contribution >= 4 is 7.92 Å². The Morgan fingerprint density at radius 3 is 2.06 bits per heavy atom. The van der Waals surface area contributed by atoms with E-state index in [-0.39, 0.29) is 7.92 Å². The number of hydrogen-bond acceptors (Lipinski definition) is 4. The molecule has 17 unspecified atom stereocenters. The third kappa shape index (κ3) is 2.83. The van der Waals surface area contributed by atoms with Crippen LogP contribution in [0.3, 0.4) is 0 Å². The van der Waals surface area contributed by atoms with Crippen LogP contribution in [0.15, 0.2) is 0 Å². The zero-order valence-corrected chi connectivity index (χ0v) is 21.9. The molecule has 0 radical (unpaired) electrons. The molecule has 0 spiro atoms. The number of fused-ring (bicyclic) bond motifs is 3. The van der Waals surface area contributed by atoms with Crippen LogP contribution < -0.4 is 0 Å². The molecule has 0 aromatic rings. The molecule has 0 aromatic carbocycles. The number of morpholine rings is 1. The van der Waals surface area contributed by atoms with Crippen LogP contribution in [-0.4, -0.2) is 76.6 Å². The summed E-state index contributed by atoms with van der Waals surface area (Å²) >= 11 is 0. The molecular weight excluding hydrogens is 429 g/mol. The fraction of sp³-hybridized carbons (Fsp3) is 1.00. The lowest BCUT2D eigenvalue weighted by Crippen LogP contribution is -2.80. The first kappa shape index (κ1) is 21.4. The van der Waals surface area contributed by atoms with Crippen LogP contribution in [-0.2, 0) is 14.2 Å². The third-order valence-electron chi connectivity index (χ3n) is 11.6. The van der Waals surface area contributed by atoms with E-state index in [0.717, 1.165) is 35.1 Å². The first-order valence-electron chi connectivity index (χ1n) is 14.5. The SMILES string of the molecule is CC1CCC2C(C1)OC1CC(C)C3OC4CC(C)CC5OC6C(C)CCC7C6P(C54)C3C1N27. The molecule has 4 saturated carbocycles. The summed E-state index contributed by atoms with van der Waals surface area (Å²) in [5, 5.41) is 0. The predicted molar refractivity (Wildman–Crippen MR) is 131 cm³/mol. The Kier molecular flexibility index (Phi) is 4.80. The predicted octanol–water partition coefficient (Wildman–Crippen LogP) is 5.02. The van der Waals surface area contributed by atoms with Gasteiger partial charge in [0.05, 0.1) is 36.6 Å². The molecule has 4 aliphatic carbocycles. The average Bonchev–Trinajstić information content (AvgIpc) is 2.78. The smallest absolute Gasteiger partial charge is 0.0745 e. The molecule has 0 N–H and O–H groups in total. The summed E-state index contributed by atoms with van der Waals surface area (Å²) < 4.78 is 21.5. The molecule has 4 saturated heterocycles. The van der Waals surface area contributed by atoms with Crippen molar-refractivity contribution < 1.29 is 14.2 Å². The summed E-state index contributed by atoms with van der Waals surface area (Å²) in [4.78, 5) is 3.13. The highest BCUT2D eigenvalue weighted by atomic mass is 31.1. The maximum Gasteiger partial charge on any atom is 0.0745 e.